The van der Waals surface area contributed by atoms with E-state index in [0.29, 0.717) is 0 Å². The van der Waals surface area contributed by atoms with Gasteiger partial charge in [-0.25, -0.2) is 0 Å². The Bertz CT molecular complexity index is 943. The van der Waals surface area contributed by atoms with Gasteiger partial charge in [0, 0.05) is 11.1 Å². The van der Waals surface area contributed by atoms with E-state index in [9.17, 15) is 4.79 Å². The van der Waals surface area contributed by atoms with Crippen molar-refractivity contribution in [2.75, 3.05) is 7.11 Å². The second-order valence-corrected chi connectivity index (χ2v) is 5.95. The lowest BCUT2D eigenvalue weighted by Gasteiger charge is -2.11. The Kier molecular flexibility index (Phi) is 3.90. The second-order valence-electron chi connectivity index (χ2n) is 5.95. The molecule has 1 unspecified atom stereocenters. The predicted octanol–water partition coefficient (Wildman–Crippen LogP) is 4.80. The number of nitrogens with zero attached hydrogens (tertiary/aromatic N) is 1. The first kappa shape index (κ1) is 15.3. The Labute approximate surface area is 146 Å². The highest BCUT2D eigenvalue weighted by Gasteiger charge is 2.37. The van der Waals surface area contributed by atoms with Crippen LogP contribution in [0.5, 0.6) is 5.75 Å². The fourth-order valence-corrected chi connectivity index (χ4v) is 3.23. The van der Waals surface area contributed by atoms with Gasteiger partial charge in [0.05, 0.1) is 24.4 Å². The van der Waals surface area contributed by atoms with Crippen LogP contribution in [0.1, 0.15) is 27.4 Å². The van der Waals surface area contributed by atoms with Crippen LogP contribution in [0.15, 0.2) is 83.9 Å². The third-order valence-electron chi connectivity index (χ3n) is 4.46. The Morgan fingerprint density at radius 3 is 2.12 bits per heavy atom. The van der Waals surface area contributed by atoms with E-state index in [-0.39, 0.29) is 11.7 Å². The Morgan fingerprint density at radius 2 is 1.44 bits per heavy atom. The topological polar surface area (TPSA) is 38.7 Å². The monoisotopic (exact) mass is 327 g/mol. The molecule has 1 aliphatic rings. The fraction of sp³-hybridized carbons (Fsp3) is 0.0909. The molecule has 3 aromatic carbocycles. The summed E-state index contributed by atoms with van der Waals surface area (Å²) in [4.78, 5) is 17.8. The number of fused-ring (bicyclic) bond motifs is 1. The van der Waals surface area contributed by atoms with E-state index in [1.54, 1.807) is 7.11 Å². The zero-order valence-electron chi connectivity index (χ0n) is 13.8. The van der Waals surface area contributed by atoms with Crippen LogP contribution in [0.3, 0.4) is 0 Å². The van der Waals surface area contributed by atoms with Crippen molar-refractivity contribution in [2.24, 2.45) is 4.99 Å². The summed E-state index contributed by atoms with van der Waals surface area (Å²) in [6, 6.07) is 25.1. The van der Waals surface area contributed by atoms with Gasteiger partial charge in [-0.3, -0.25) is 9.79 Å². The van der Waals surface area contributed by atoms with Crippen LogP contribution in [0.4, 0.5) is 5.69 Å². The van der Waals surface area contributed by atoms with Crippen LogP contribution >= 0.6 is 0 Å². The van der Waals surface area contributed by atoms with Crippen LogP contribution < -0.4 is 4.74 Å². The van der Waals surface area contributed by atoms with Gasteiger partial charge in [0.2, 0.25) is 0 Å². The van der Waals surface area contributed by atoms with E-state index in [4.69, 9.17) is 9.73 Å². The lowest BCUT2D eigenvalue weighted by atomic mass is 9.93. The van der Waals surface area contributed by atoms with Crippen LogP contribution in [-0.2, 0) is 0 Å². The number of Topliss-reactive ketones (excluding diaryl/α,β-unsaturated/α-hetero) is 1. The molecule has 0 heterocycles. The number of hydrogen-bond acceptors (Lipinski definition) is 3. The molecule has 1 atom stereocenters. The van der Waals surface area contributed by atoms with Crippen LogP contribution in [0.25, 0.3) is 0 Å². The number of aliphatic imine (C=N–C) groups is 1. The number of hydrogen-bond donors (Lipinski definition) is 0. The standard InChI is InChI=1S/C22H17NO2/c1-25-17-13-11-16(12-14-17)23-21-18-9-5-6-10-19(18)22(24)20(21)15-7-3-2-4-8-15/h2-14,20H,1H3. The SMILES string of the molecule is COc1ccc(N=C2c3ccccc3C(=O)C2c2ccccc2)cc1. The highest BCUT2D eigenvalue weighted by molar-refractivity contribution is 6.32. The van der Waals surface area contributed by atoms with E-state index in [1.807, 2.05) is 78.9 Å². The van der Waals surface area contributed by atoms with Crippen molar-refractivity contribution in [3.8, 4) is 5.75 Å². The Morgan fingerprint density at radius 1 is 0.800 bits per heavy atom. The summed E-state index contributed by atoms with van der Waals surface area (Å²) in [5.41, 5.74) is 4.23. The molecule has 0 aliphatic heterocycles. The summed E-state index contributed by atoms with van der Waals surface area (Å²) in [5.74, 6) is 0.529. The van der Waals surface area contributed by atoms with Crippen molar-refractivity contribution >= 4 is 17.2 Å². The molecule has 0 saturated heterocycles. The molecule has 4 rings (SSSR count). The third kappa shape index (κ3) is 2.74. The maximum Gasteiger partial charge on any atom is 0.176 e. The Balaban J connectivity index is 1.86. The summed E-state index contributed by atoms with van der Waals surface area (Å²) in [5, 5.41) is 0. The van der Waals surface area contributed by atoms with Crippen molar-refractivity contribution in [1.29, 1.82) is 0 Å². The van der Waals surface area contributed by atoms with E-state index in [2.05, 4.69) is 0 Å². The lowest BCUT2D eigenvalue weighted by molar-refractivity contribution is 0.0988. The first-order chi connectivity index (χ1) is 12.3. The maximum absolute atomic E-state index is 13.0. The summed E-state index contributed by atoms with van der Waals surface area (Å²) < 4.78 is 5.20. The van der Waals surface area contributed by atoms with Gasteiger partial charge in [0.1, 0.15) is 5.75 Å². The van der Waals surface area contributed by atoms with Gasteiger partial charge in [-0.1, -0.05) is 54.6 Å². The van der Waals surface area contributed by atoms with E-state index < -0.39 is 0 Å². The summed E-state index contributed by atoms with van der Waals surface area (Å²) in [7, 11) is 1.64. The maximum atomic E-state index is 13.0. The molecule has 25 heavy (non-hydrogen) atoms. The van der Waals surface area contributed by atoms with Crippen LogP contribution in [0.2, 0.25) is 0 Å². The number of rotatable bonds is 3. The molecule has 1 aliphatic carbocycles. The van der Waals surface area contributed by atoms with Gasteiger partial charge in [-0.05, 0) is 29.8 Å². The fourth-order valence-electron chi connectivity index (χ4n) is 3.23. The van der Waals surface area contributed by atoms with Gasteiger partial charge in [-0.2, -0.15) is 0 Å². The first-order valence-electron chi connectivity index (χ1n) is 8.19. The number of ether oxygens (including phenoxy) is 1. The van der Waals surface area contributed by atoms with E-state index in [1.165, 1.54) is 0 Å². The number of carbonyl (C=O) groups is 1. The van der Waals surface area contributed by atoms with Gasteiger partial charge in [0.25, 0.3) is 0 Å². The minimum absolute atomic E-state index is 0.106. The van der Waals surface area contributed by atoms with Gasteiger partial charge >= 0.3 is 0 Å². The van der Waals surface area contributed by atoms with Gasteiger partial charge < -0.3 is 4.74 Å². The van der Waals surface area contributed by atoms with Crippen molar-refractivity contribution in [3.05, 3.63) is 95.6 Å². The molecule has 0 N–H and O–H groups in total. The molecule has 0 spiro atoms. The Hall–Kier alpha value is -3.20. The third-order valence-corrected chi connectivity index (χ3v) is 4.46. The molecule has 122 valence electrons. The minimum Gasteiger partial charge on any atom is -0.497 e. The summed E-state index contributed by atoms with van der Waals surface area (Å²) >= 11 is 0. The summed E-state index contributed by atoms with van der Waals surface area (Å²) in [6.07, 6.45) is 0. The highest BCUT2D eigenvalue weighted by Crippen LogP contribution is 2.36. The quantitative estimate of drug-likeness (QED) is 0.693. The zero-order valence-corrected chi connectivity index (χ0v) is 13.8. The predicted molar refractivity (Wildman–Crippen MR) is 99.1 cm³/mol. The number of methoxy groups -OCH3 is 1. The number of carbonyl (C=O) groups excluding carboxylic acids is 1. The smallest absolute Gasteiger partial charge is 0.176 e. The van der Waals surface area contributed by atoms with Crippen molar-refractivity contribution in [3.63, 3.8) is 0 Å². The number of ketones is 1. The molecular formula is C22H17NO2. The van der Waals surface area contributed by atoms with Crippen LogP contribution in [0, 0.1) is 0 Å². The van der Waals surface area contributed by atoms with Gasteiger partial charge in [0.15, 0.2) is 5.78 Å². The minimum atomic E-state index is -0.360. The van der Waals surface area contributed by atoms with E-state index >= 15 is 0 Å². The molecule has 0 saturated carbocycles. The highest BCUT2D eigenvalue weighted by atomic mass is 16.5. The molecule has 3 nitrogen and oxygen atoms in total. The van der Waals surface area contributed by atoms with Crippen molar-refractivity contribution < 1.29 is 9.53 Å². The van der Waals surface area contributed by atoms with Crippen LogP contribution in [-0.4, -0.2) is 18.6 Å². The average molecular weight is 327 g/mol. The van der Waals surface area contributed by atoms with Gasteiger partial charge in [-0.15, -0.1) is 0 Å². The van der Waals surface area contributed by atoms with Crippen molar-refractivity contribution in [1.82, 2.24) is 0 Å². The first-order valence-corrected chi connectivity index (χ1v) is 8.19. The molecule has 0 radical (unpaired) electrons. The lowest BCUT2D eigenvalue weighted by Crippen LogP contribution is -2.13. The van der Waals surface area contributed by atoms with Crippen molar-refractivity contribution in [2.45, 2.75) is 5.92 Å². The second kappa shape index (κ2) is 6.36. The molecule has 0 amide bonds. The zero-order chi connectivity index (χ0) is 17.2. The molecule has 0 fully saturated rings. The largest absolute Gasteiger partial charge is 0.497 e. The molecule has 3 aromatic rings. The molecule has 0 bridgehead atoms. The molecule has 0 aromatic heterocycles. The van der Waals surface area contributed by atoms with E-state index in [0.717, 1.165) is 33.8 Å². The normalized spacial score (nSPS) is 17.6. The molecular weight excluding hydrogens is 310 g/mol. The molecule has 3 heteroatoms. The average Bonchev–Trinajstić information content (AvgIpc) is 2.95. The number of benzene rings is 3. The summed E-state index contributed by atoms with van der Waals surface area (Å²) in [6.45, 7) is 0.